The van der Waals surface area contributed by atoms with Crippen molar-refractivity contribution in [3.63, 3.8) is 0 Å². The maximum atomic E-state index is 13.3. The second kappa shape index (κ2) is 5.26. The third-order valence-corrected chi connectivity index (χ3v) is 3.60. The van der Waals surface area contributed by atoms with Crippen LogP contribution in [-0.2, 0) is 0 Å². The molecule has 2 aromatic rings. The molecule has 1 unspecified atom stereocenters. The molecule has 0 saturated carbocycles. The minimum Gasteiger partial charge on any atom is -0.388 e. The molecule has 2 aromatic carbocycles. The smallest absolute Gasteiger partial charge is 0.258 e. The van der Waals surface area contributed by atoms with E-state index in [4.69, 9.17) is 0 Å². The van der Waals surface area contributed by atoms with Crippen molar-refractivity contribution in [2.75, 3.05) is 11.4 Å². The van der Waals surface area contributed by atoms with Crippen LogP contribution in [0.15, 0.2) is 42.5 Å². The van der Waals surface area contributed by atoms with E-state index in [1.165, 1.54) is 47.4 Å². The van der Waals surface area contributed by atoms with Crippen molar-refractivity contribution >= 4 is 11.6 Å². The molecule has 1 aliphatic rings. The first kappa shape index (κ1) is 13.7. The monoisotopic (exact) mass is 289 g/mol. The minimum atomic E-state index is -0.784. The Kier molecular flexibility index (Phi) is 3.43. The Morgan fingerprint density at radius 3 is 2.48 bits per heavy atom. The number of anilines is 1. The Morgan fingerprint density at radius 1 is 1.10 bits per heavy atom. The molecule has 3 nitrogen and oxygen atoms in total. The number of hydrogen-bond donors (Lipinski definition) is 1. The minimum absolute atomic E-state index is 0.297. The molecule has 0 spiro atoms. The van der Waals surface area contributed by atoms with E-state index >= 15 is 0 Å². The molecule has 1 atom stereocenters. The number of hydrogen-bond acceptors (Lipinski definition) is 2. The fraction of sp³-hybridized carbons (Fsp3) is 0.188. The second-order valence-corrected chi connectivity index (χ2v) is 4.97. The van der Waals surface area contributed by atoms with Gasteiger partial charge in [-0.25, -0.2) is 8.78 Å². The van der Waals surface area contributed by atoms with Gasteiger partial charge in [0.2, 0.25) is 0 Å². The van der Waals surface area contributed by atoms with Crippen LogP contribution in [0.4, 0.5) is 14.5 Å². The third kappa shape index (κ3) is 2.52. The highest BCUT2D eigenvalue weighted by molar-refractivity contribution is 6.06. The standard InChI is InChI=1S/C16H13F2NO2/c17-11-3-1-10(2-4-11)16(21)19-8-7-15(20)13-9-12(18)5-6-14(13)19/h1-6,9,15,20H,7-8H2. The van der Waals surface area contributed by atoms with E-state index in [1.807, 2.05) is 0 Å². The zero-order chi connectivity index (χ0) is 15.0. The van der Waals surface area contributed by atoms with Gasteiger partial charge >= 0.3 is 0 Å². The summed E-state index contributed by atoms with van der Waals surface area (Å²) in [5, 5.41) is 9.94. The lowest BCUT2D eigenvalue weighted by atomic mass is 9.98. The van der Waals surface area contributed by atoms with Crippen LogP contribution in [0.1, 0.15) is 28.4 Å². The molecule has 1 N–H and O–H groups in total. The molecular weight excluding hydrogens is 276 g/mol. The van der Waals surface area contributed by atoms with Crippen molar-refractivity contribution in [1.29, 1.82) is 0 Å². The summed E-state index contributed by atoms with van der Waals surface area (Å²) in [4.78, 5) is 14.0. The second-order valence-electron chi connectivity index (χ2n) is 4.97. The Morgan fingerprint density at radius 2 is 1.76 bits per heavy atom. The van der Waals surface area contributed by atoms with Gasteiger partial charge in [0.05, 0.1) is 6.10 Å². The molecule has 0 radical (unpaired) electrons. The summed E-state index contributed by atoms with van der Waals surface area (Å²) in [7, 11) is 0. The van der Waals surface area contributed by atoms with Crippen molar-refractivity contribution in [2.45, 2.75) is 12.5 Å². The summed E-state index contributed by atoms with van der Waals surface area (Å²) in [6.07, 6.45) is -0.448. The van der Waals surface area contributed by atoms with E-state index < -0.39 is 17.7 Å². The van der Waals surface area contributed by atoms with Gasteiger partial charge in [-0.05, 0) is 48.9 Å². The first-order chi connectivity index (χ1) is 10.1. The summed E-state index contributed by atoms with van der Waals surface area (Å²) in [6.45, 7) is 0.329. The van der Waals surface area contributed by atoms with Gasteiger partial charge in [0.1, 0.15) is 11.6 Å². The van der Waals surface area contributed by atoms with E-state index in [9.17, 15) is 18.7 Å². The van der Waals surface area contributed by atoms with Crippen LogP contribution in [0.3, 0.4) is 0 Å². The summed E-state index contributed by atoms with van der Waals surface area (Å²) in [6, 6.07) is 9.23. The van der Waals surface area contributed by atoms with Gasteiger partial charge in [0, 0.05) is 23.4 Å². The van der Waals surface area contributed by atoms with E-state index in [0.717, 1.165) is 0 Å². The average molecular weight is 289 g/mol. The Bertz CT molecular complexity index is 685. The Hall–Kier alpha value is -2.27. The number of carbonyl (C=O) groups excluding carboxylic acids is 1. The quantitative estimate of drug-likeness (QED) is 0.876. The van der Waals surface area contributed by atoms with Gasteiger partial charge in [-0.1, -0.05) is 0 Å². The molecule has 0 saturated heterocycles. The largest absolute Gasteiger partial charge is 0.388 e. The molecular formula is C16H13F2NO2. The van der Waals surface area contributed by atoms with Crippen LogP contribution in [-0.4, -0.2) is 17.6 Å². The topological polar surface area (TPSA) is 40.5 Å². The number of aliphatic hydroxyl groups excluding tert-OH is 1. The number of aliphatic hydroxyl groups is 1. The maximum absolute atomic E-state index is 13.3. The average Bonchev–Trinajstić information content (AvgIpc) is 2.48. The molecule has 108 valence electrons. The first-order valence-corrected chi connectivity index (χ1v) is 6.61. The first-order valence-electron chi connectivity index (χ1n) is 6.61. The van der Waals surface area contributed by atoms with Gasteiger partial charge in [-0.2, -0.15) is 0 Å². The fourth-order valence-corrected chi connectivity index (χ4v) is 2.52. The third-order valence-electron chi connectivity index (χ3n) is 3.60. The molecule has 0 bridgehead atoms. The van der Waals surface area contributed by atoms with Gasteiger partial charge in [-0.15, -0.1) is 0 Å². The summed E-state index contributed by atoms with van der Waals surface area (Å²) in [5.74, 6) is -1.17. The van der Waals surface area contributed by atoms with Crippen molar-refractivity contribution in [1.82, 2.24) is 0 Å². The van der Waals surface area contributed by atoms with Crippen LogP contribution in [0.25, 0.3) is 0 Å². The SMILES string of the molecule is O=C(c1ccc(F)cc1)N1CCC(O)c2cc(F)ccc21. The Balaban J connectivity index is 1.99. The highest BCUT2D eigenvalue weighted by Crippen LogP contribution is 2.35. The van der Waals surface area contributed by atoms with Crippen LogP contribution in [0, 0.1) is 11.6 Å². The fourth-order valence-electron chi connectivity index (χ4n) is 2.52. The molecule has 0 aliphatic carbocycles. The molecule has 1 heterocycles. The van der Waals surface area contributed by atoms with Crippen LogP contribution in [0.5, 0.6) is 0 Å². The van der Waals surface area contributed by atoms with Crippen molar-refractivity contribution in [3.05, 3.63) is 65.2 Å². The highest BCUT2D eigenvalue weighted by Gasteiger charge is 2.28. The molecule has 1 amide bonds. The molecule has 1 aliphatic heterocycles. The summed E-state index contributed by atoms with van der Waals surface area (Å²) in [5.41, 5.74) is 1.24. The number of fused-ring (bicyclic) bond motifs is 1. The van der Waals surface area contributed by atoms with Crippen molar-refractivity contribution in [2.24, 2.45) is 0 Å². The normalized spacial score (nSPS) is 17.5. The number of rotatable bonds is 1. The zero-order valence-corrected chi connectivity index (χ0v) is 11.1. The lowest BCUT2D eigenvalue weighted by molar-refractivity contribution is 0.0970. The molecule has 3 rings (SSSR count). The summed E-state index contributed by atoms with van der Waals surface area (Å²) < 4.78 is 26.2. The predicted octanol–water partition coefficient (Wildman–Crippen LogP) is 3.05. The molecule has 5 heteroatoms. The van der Waals surface area contributed by atoms with Gasteiger partial charge < -0.3 is 10.0 Å². The van der Waals surface area contributed by atoms with Crippen LogP contribution < -0.4 is 4.90 Å². The number of halogens is 2. The maximum Gasteiger partial charge on any atom is 0.258 e. The highest BCUT2D eigenvalue weighted by atomic mass is 19.1. The van der Waals surface area contributed by atoms with Crippen LogP contribution >= 0.6 is 0 Å². The molecule has 0 fully saturated rings. The number of benzene rings is 2. The Labute approximate surface area is 120 Å². The van der Waals surface area contributed by atoms with Gasteiger partial charge in [0.25, 0.3) is 5.91 Å². The van der Waals surface area contributed by atoms with E-state index in [-0.39, 0.29) is 5.91 Å². The molecule has 21 heavy (non-hydrogen) atoms. The predicted molar refractivity (Wildman–Crippen MR) is 74.1 cm³/mol. The van der Waals surface area contributed by atoms with Gasteiger partial charge in [-0.3, -0.25) is 4.79 Å². The van der Waals surface area contributed by atoms with Crippen molar-refractivity contribution in [3.8, 4) is 0 Å². The van der Waals surface area contributed by atoms with E-state index in [2.05, 4.69) is 0 Å². The summed E-state index contributed by atoms with van der Waals surface area (Å²) >= 11 is 0. The lowest BCUT2D eigenvalue weighted by Crippen LogP contribution is -2.36. The molecule has 0 aromatic heterocycles. The van der Waals surface area contributed by atoms with Gasteiger partial charge in [0.15, 0.2) is 0 Å². The number of amides is 1. The number of carbonyl (C=O) groups is 1. The number of nitrogens with zero attached hydrogens (tertiary/aromatic N) is 1. The van der Waals surface area contributed by atoms with Crippen LogP contribution in [0.2, 0.25) is 0 Å². The lowest BCUT2D eigenvalue weighted by Gasteiger charge is -2.32. The zero-order valence-electron chi connectivity index (χ0n) is 11.1. The van der Waals surface area contributed by atoms with Crippen molar-refractivity contribution < 1.29 is 18.7 Å². The van der Waals surface area contributed by atoms with E-state index in [1.54, 1.807) is 0 Å². The van der Waals surface area contributed by atoms with E-state index in [0.29, 0.717) is 29.8 Å².